The van der Waals surface area contributed by atoms with Crippen molar-refractivity contribution in [3.8, 4) is 0 Å². The highest BCUT2D eigenvalue weighted by Crippen LogP contribution is 2.27. The van der Waals surface area contributed by atoms with E-state index in [0.29, 0.717) is 11.0 Å². The summed E-state index contributed by atoms with van der Waals surface area (Å²) >= 11 is 5.82. The molecule has 1 rings (SSSR count). The van der Waals surface area contributed by atoms with Crippen LogP contribution < -0.4 is 11.5 Å². The van der Waals surface area contributed by atoms with Gasteiger partial charge in [-0.2, -0.15) is 4.98 Å². The van der Waals surface area contributed by atoms with E-state index >= 15 is 0 Å². The molecule has 0 atom stereocenters. The van der Waals surface area contributed by atoms with Crippen molar-refractivity contribution < 1.29 is 0 Å². The predicted octanol–water partition coefficient (Wildman–Crippen LogP) is 1.42. The highest BCUT2D eigenvalue weighted by atomic mass is 35.5. The van der Waals surface area contributed by atoms with E-state index in [1.165, 1.54) is 0 Å². The largest absolute Gasteiger partial charge is 0.383 e. The number of nitrogens with zero attached hydrogens (tertiary/aromatic N) is 2. The van der Waals surface area contributed by atoms with E-state index < -0.39 is 0 Å². The maximum Gasteiger partial charge on any atom is 0.223 e. The number of hydrogen-bond acceptors (Lipinski definition) is 4. The quantitative estimate of drug-likeness (QED) is 0.651. The van der Waals surface area contributed by atoms with Crippen molar-refractivity contribution in [2.45, 2.75) is 19.8 Å². The fourth-order valence-corrected chi connectivity index (χ4v) is 1.41. The van der Waals surface area contributed by atoms with Crippen molar-refractivity contribution in [2.24, 2.45) is 0 Å². The number of nitrogen functional groups attached to an aromatic ring is 2. The third kappa shape index (κ3) is 1.58. The molecule has 0 aliphatic carbocycles. The van der Waals surface area contributed by atoms with Gasteiger partial charge in [0.15, 0.2) is 0 Å². The van der Waals surface area contributed by atoms with Crippen molar-refractivity contribution in [1.29, 1.82) is 0 Å². The first-order chi connectivity index (χ1) is 5.52. The zero-order chi connectivity index (χ0) is 9.30. The van der Waals surface area contributed by atoms with Crippen LogP contribution in [0.25, 0.3) is 0 Å². The number of aromatic nitrogens is 2. The number of anilines is 2. The van der Waals surface area contributed by atoms with Gasteiger partial charge < -0.3 is 11.5 Å². The van der Waals surface area contributed by atoms with E-state index in [9.17, 15) is 0 Å². The average Bonchev–Trinajstić information content (AvgIpc) is 1.82. The standard InChI is InChI=1S/C7H11ClN4/c1-3(2)4-5(8)11-7(10)12-6(4)9/h3H,1-2H3,(H4,9,10,11,12). The summed E-state index contributed by atoms with van der Waals surface area (Å²) in [6.45, 7) is 3.94. The van der Waals surface area contributed by atoms with Gasteiger partial charge in [0, 0.05) is 5.56 Å². The fourth-order valence-electron chi connectivity index (χ4n) is 1.01. The van der Waals surface area contributed by atoms with Crippen molar-refractivity contribution in [3.63, 3.8) is 0 Å². The van der Waals surface area contributed by atoms with Crippen LogP contribution in [0, 0.1) is 0 Å². The molecular weight excluding hydrogens is 176 g/mol. The number of nitrogens with two attached hydrogens (primary N) is 2. The van der Waals surface area contributed by atoms with Gasteiger partial charge in [0.25, 0.3) is 0 Å². The Kier molecular flexibility index (Phi) is 2.38. The fraction of sp³-hybridized carbons (Fsp3) is 0.429. The van der Waals surface area contributed by atoms with Crippen molar-refractivity contribution in [3.05, 3.63) is 10.7 Å². The molecule has 0 saturated carbocycles. The third-order valence-electron chi connectivity index (χ3n) is 1.52. The van der Waals surface area contributed by atoms with Crippen molar-refractivity contribution >= 4 is 23.4 Å². The van der Waals surface area contributed by atoms with Gasteiger partial charge in [-0.15, -0.1) is 0 Å². The van der Waals surface area contributed by atoms with Crippen LogP contribution in [0.4, 0.5) is 11.8 Å². The van der Waals surface area contributed by atoms with Crippen LogP contribution in [-0.2, 0) is 0 Å². The van der Waals surface area contributed by atoms with Crippen LogP contribution in [0.1, 0.15) is 25.3 Å². The molecule has 0 aromatic carbocycles. The molecule has 0 spiro atoms. The minimum absolute atomic E-state index is 0.113. The van der Waals surface area contributed by atoms with Gasteiger partial charge in [-0.25, -0.2) is 4.98 Å². The summed E-state index contributed by atoms with van der Waals surface area (Å²) in [5.74, 6) is 0.683. The van der Waals surface area contributed by atoms with Crippen molar-refractivity contribution in [2.75, 3.05) is 11.5 Å². The van der Waals surface area contributed by atoms with E-state index in [1.54, 1.807) is 0 Å². The first kappa shape index (κ1) is 9.06. The highest BCUT2D eigenvalue weighted by molar-refractivity contribution is 6.30. The summed E-state index contributed by atoms with van der Waals surface area (Å²) in [4.78, 5) is 7.62. The van der Waals surface area contributed by atoms with Crippen LogP contribution in [0.5, 0.6) is 0 Å². The summed E-state index contributed by atoms with van der Waals surface area (Å²) in [7, 11) is 0. The molecule has 66 valence electrons. The summed E-state index contributed by atoms with van der Waals surface area (Å²) < 4.78 is 0. The Balaban J connectivity index is 3.28. The Bertz CT molecular complexity index is 274. The lowest BCUT2D eigenvalue weighted by atomic mass is 10.1. The molecule has 1 aromatic heterocycles. The molecule has 0 unspecified atom stereocenters. The molecule has 0 amide bonds. The van der Waals surface area contributed by atoms with Crippen LogP contribution in [0.3, 0.4) is 0 Å². The summed E-state index contributed by atoms with van der Waals surface area (Å²) in [5.41, 5.74) is 11.7. The predicted molar refractivity (Wildman–Crippen MR) is 50.0 cm³/mol. The Labute approximate surface area is 75.9 Å². The second-order valence-corrected chi connectivity index (χ2v) is 3.18. The Morgan fingerprint density at radius 1 is 1.25 bits per heavy atom. The van der Waals surface area contributed by atoms with Gasteiger partial charge in [0.1, 0.15) is 11.0 Å². The average molecular weight is 187 g/mol. The molecule has 5 heteroatoms. The molecule has 0 aliphatic heterocycles. The Hall–Kier alpha value is -1.03. The molecule has 1 aromatic rings. The Morgan fingerprint density at radius 3 is 2.25 bits per heavy atom. The first-order valence-electron chi connectivity index (χ1n) is 3.60. The summed E-state index contributed by atoms with van der Waals surface area (Å²) in [5, 5.41) is 0.343. The minimum Gasteiger partial charge on any atom is -0.383 e. The molecule has 4 nitrogen and oxygen atoms in total. The first-order valence-corrected chi connectivity index (χ1v) is 3.98. The molecule has 0 saturated heterocycles. The SMILES string of the molecule is CC(C)c1c(N)nc(N)nc1Cl. The minimum atomic E-state index is 0.113. The molecule has 1 heterocycles. The highest BCUT2D eigenvalue weighted by Gasteiger charge is 2.12. The second-order valence-electron chi connectivity index (χ2n) is 2.83. The maximum absolute atomic E-state index is 5.82. The third-order valence-corrected chi connectivity index (χ3v) is 1.81. The van der Waals surface area contributed by atoms with Crippen LogP contribution in [0.2, 0.25) is 5.15 Å². The molecule has 4 N–H and O–H groups in total. The lowest BCUT2D eigenvalue weighted by Crippen LogP contribution is -2.06. The van der Waals surface area contributed by atoms with E-state index in [1.807, 2.05) is 13.8 Å². The number of rotatable bonds is 1. The maximum atomic E-state index is 5.82. The van der Waals surface area contributed by atoms with Crippen molar-refractivity contribution in [1.82, 2.24) is 9.97 Å². The normalized spacial score (nSPS) is 10.7. The van der Waals surface area contributed by atoms with E-state index in [0.717, 1.165) is 5.56 Å². The van der Waals surface area contributed by atoms with Gasteiger partial charge in [-0.1, -0.05) is 25.4 Å². The summed E-state index contributed by atoms with van der Waals surface area (Å²) in [6, 6.07) is 0. The second kappa shape index (κ2) is 3.15. The van der Waals surface area contributed by atoms with Gasteiger partial charge in [0.2, 0.25) is 5.95 Å². The molecular formula is C7H11ClN4. The van der Waals surface area contributed by atoms with Gasteiger partial charge in [-0.3, -0.25) is 0 Å². The van der Waals surface area contributed by atoms with Gasteiger partial charge in [-0.05, 0) is 5.92 Å². The zero-order valence-electron chi connectivity index (χ0n) is 7.00. The number of halogens is 1. The molecule has 0 aliphatic rings. The molecule has 0 bridgehead atoms. The lowest BCUT2D eigenvalue weighted by molar-refractivity contribution is 0.853. The zero-order valence-corrected chi connectivity index (χ0v) is 7.76. The lowest BCUT2D eigenvalue weighted by Gasteiger charge is -2.09. The number of hydrogen-bond donors (Lipinski definition) is 2. The van der Waals surface area contributed by atoms with Crippen LogP contribution in [-0.4, -0.2) is 9.97 Å². The van der Waals surface area contributed by atoms with E-state index in [2.05, 4.69) is 9.97 Å². The molecule has 0 radical (unpaired) electrons. The van der Waals surface area contributed by atoms with E-state index in [-0.39, 0.29) is 11.9 Å². The smallest absolute Gasteiger partial charge is 0.223 e. The van der Waals surface area contributed by atoms with E-state index in [4.69, 9.17) is 23.1 Å². The summed E-state index contributed by atoms with van der Waals surface area (Å²) in [6.07, 6.45) is 0. The molecule has 0 fully saturated rings. The van der Waals surface area contributed by atoms with Crippen LogP contribution >= 0.6 is 11.6 Å². The topological polar surface area (TPSA) is 77.8 Å². The Morgan fingerprint density at radius 2 is 1.83 bits per heavy atom. The molecule has 12 heavy (non-hydrogen) atoms. The van der Waals surface area contributed by atoms with Gasteiger partial charge in [0.05, 0.1) is 0 Å². The monoisotopic (exact) mass is 186 g/mol. The van der Waals surface area contributed by atoms with Crippen LogP contribution in [0.15, 0.2) is 0 Å². The van der Waals surface area contributed by atoms with Gasteiger partial charge >= 0.3 is 0 Å².